The monoisotopic (exact) mass is 163 g/mol. The SMILES string of the molecule is CCCC(C)C=O.[Cu]. The Morgan fingerprint density at radius 1 is 1.62 bits per heavy atom. The standard InChI is InChI=1S/C6H12O.Cu/c1-3-4-6(2)5-7;/h5-6H,3-4H2,1-2H3;. The summed E-state index contributed by atoms with van der Waals surface area (Å²) < 4.78 is 0. The van der Waals surface area contributed by atoms with Gasteiger partial charge in [-0.3, -0.25) is 0 Å². The number of carbonyl (C=O) groups is 1. The van der Waals surface area contributed by atoms with Gasteiger partial charge in [0.1, 0.15) is 6.29 Å². The molecular weight excluding hydrogens is 152 g/mol. The molecule has 0 aromatic carbocycles. The Morgan fingerprint density at radius 2 is 2.12 bits per heavy atom. The van der Waals surface area contributed by atoms with Crippen LogP contribution in [0.4, 0.5) is 0 Å². The number of rotatable bonds is 3. The number of aldehydes is 1. The van der Waals surface area contributed by atoms with Crippen LogP contribution >= 0.6 is 0 Å². The smallest absolute Gasteiger partial charge is 0.122 e. The Hall–Kier alpha value is 0.189. The van der Waals surface area contributed by atoms with Crippen LogP contribution in [0.15, 0.2) is 0 Å². The molecule has 0 saturated heterocycles. The summed E-state index contributed by atoms with van der Waals surface area (Å²) >= 11 is 0. The number of hydrogen-bond acceptors (Lipinski definition) is 1. The van der Waals surface area contributed by atoms with Crippen molar-refractivity contribution < 1.29 is 21.9 Å². The van der Waals surface area contributed by atoms with Crippen LogP contribution in [0.25, 0.3) is 0 Å². The average molecular weight is 164 g/mol. The molecule has 0 aromatic heterocycles. The molecule has 1 atom stereocenters. The van der Waals surface area contributed by atoms with E-state index in [1.165, 1.54) is 0 Å². The predicted octanol–water partition coefficient (Wildman–Crippen LogP) is 1.62. The van der Waals surface area contributed by atoms with Gasteiger partial charge >= 0.3 is 0 Å². The van der Waals surface area contributed by atoms with Crippen molar-refractivity contribution in [2.24, 2.45) is 5.92 Å². The van der Waals surface area contributed by atoms with Gasteiger partial charge in [0.15, 0.2) is 0 Å². The minimum absolute atomic E-state index is 0. The van der Waals surface area contributed by atoms with E-state index in [4.69, 9.17) is 0 Å². The van der Waals surface area contributed by atoms with Crippen LogP contribution in [0.5, 0.6) is 0 Å². The quantitative estimate of drug-likeness (QED) is 0.457. The molecule has 0 fully saturated rings. The third-order valence-corrected chi connectivity index (χ3v) is 0.976. The zero-order valence-electron chi connectivity index (χ0n) is 5.28. The molecule has 0 rings (SSSR count). The minimum atomic E-state index is 0. The Kier molecular flexibility index (Phi) is 9.93. The third kappa shape index (κ3) is 6.19. The molecule has 1 unspecified atom stereocenters. The zero-order chi connectivity index (χ0) is 5.70. The molecule has 0 aliphatic carbocycles. The van der Waals surface area contributed by atoms with Gasteiger partial charge in [-0.25, -0.2) is 0 Å². The van der Waals surface area contributed by atoms with E-state index in [0.717, 1.165) is 19.1 Å². The predicted molar refractivity (Wildman–Crippen MR) is 30.1 cm³/mol. The first-order valence-corrected chi connectivity index (χ1v) is 2.76. The second-order valence-corrected chi connectivity index (χ2v) is 1.90. The van der Waals surface area contributed by atoms with Crippen LogP contribution in [0, 0.1) is 5.92 Å². The molecule has 0 aliphatic heterocycles. The van der Waals surface area contributed by atoms with E-state index in [0.29, 0.717) is 0 Å². The van der Waals surface area contributed by atoms with Gasteiger partial charge in [-0.2, -0.15) is 0 Å². The molecule has 0 N–H and O–H groups in total. The van der Waals surface area contributed by atoms with Crippen molar-refractivity contribution in [1.29, 1.82) is 0 Å². The van der Waals surface area contributed by atoms with Gasteiger partial charge in [0, 0.05) is 23.0 Å². The fraction of sp³-hybridized carbons (Fsp3) is 0.833. The Bertz CT molecular complexity index is 54.5. The van der Waals surface area contributed by atoms with Crippen LogP contribution in [-0.2, 0) is 21.9 Å². The first-order valence-electron chi connectivity index (χ1n) is 2.76. The fourth-order valence-corrected chi connectivity index (χ4v) is 0.523. The van der Waals surface area contributed by atoms with Crippen molar-refractivity contribution in [2.45, 2.75) is 26.7 Å². The normalized spacial score (nSPS) is 11.8. The summed E-state index contributed by atoms with van der Waals surface area (Å²) in [6, 6.07) is 0. The van der Waals surface area contributed by atoms with Gasteiger partial charge in [0.05, 0.1) is 0 Å². The van der Waals surface area contributed by atoms with Crippen LogP contribution in [0.1, 0.15) is 26.7 Å². The molecule has 1 radical (unpaired) electrons. The van der Waals surface area contributed by atoms with E-state index in [2.05, 4.69) is 6.92 Å². The molecule has 2 heteroatoms. The van der Waals surface area contributed by atoms with Crippen LogP contribution < -0.4 is 0 Å². The maximum atomic E-state index is 9.89. The molecule has 0 aliphatic rings. The summed E-state index contributed by atoms with van der Waals surface area (Å²) in [5.41, 5.74) is 0. The molecule has 0 aromatic rings. The van der Waals surface area contributed by atoms with Crippen LogP contribution in [-0.4, -0.2) is 6.29 Å². The van der Waals surface area contributed by atoms with Crippen molar-refractivity contribution in [3.05, 3.63) is 0 Å². The largest absolute Gasteiger partial charge is 0.303 e. The Balaban J connectivity index is 0. The summed E-state index contributed by atoms with van der Waals surface area (Å²) in [7, 11) is 0. The molecular formula is C6H12CuO. The van der Waals surface area contributed by atoms with E-state index in [1.807, 2.05) is 6.92 Å². The number of carbonyl (C=O) groups excluding carboxylic acids is 1. The summed E-state index contributed by atoms with van der Waals surface area (Å²) in [6.45, 7) is 4.02. The third-order valence-electron chi connectivity index (χ3n) is 0.976. The van der Waals surface area contributed by atoms with Crippen LogP contribution in [0.2, 0.25) is 0 Å². The minimum Gasteiger partial charge on any atom is -0.303 e. The van der Waals surface area contributed by atoms with E-state index < -0.39 is 0 Å². The van der Waals surface area contributed by atoms with Crippen molar-refractivity contribution in [3.63, 3.8) is 0 Å². The summed E-state index contributed by atoms with van der Waals surface area (Å²) in [5, 5.41) is 0. The van der Waals surface area contributed by atoms with E-state index in [-0.39, 0.29) is 23.0 Å². The maximum Gasteiger partial charge on any atom is 0.122 e. The molecule has 0 amide bonds. The first-order chi connectivity index (χ1) is 3.31. The summed E-state index contributed by atoms with van der Waals surface area (Å²) in [4.78, 5) is 9.89. The summed E-state index contributed by atoms with van der Waals surface area (Å²) in [6.07, 6.45) is 3.15. The van der Waals surface area contributed by atoms with E-state index >= 15 is 0 Å². The van der Waals surface area contributed by atoms with Crippen molar-refractivity contribution >= 4 is 6.29 Å². The van der Waals surface area contributed by atoms with Gasteiger partial charge in [-0.1, -0.05) is 20.3 Å². The first kappa shape index (κ1) is 11.0. The van der Waals surface area contributed by atoms with Gasteiger partial charge in [-0.05, 0) is 6.42 Å². The van der Waals surface area contributed by atoms with Gasteiger partial charge in [0.25, 0.3) is 0 Å². The molecule has 0 bridgehead atoms. The Labute approximate surface area is 61.3 Å². The van der Waals surface area contributed by atoms with Gasteiger partial charge in [0.2, 0.25) is 0 Å². The molecule has 0 spiro atoms. The van der Waals surface area contributed by atoms with Crippen LogP contribution in [0.3, 0.4) is 0 Å². The summed E-state index contributed by atoms with van der Waals surface area (Å²) in [5.74, 6) is 0.269. The molecule has 53 valence electrons. The second-order valence-electron chi connectivity index (χ2n) is 1.90. The van der Waals surface area contributed by atoms with Gasteiger partial charge < -0.3 is 4.79 Å². The van der Waals surface area contributed by atoms with Gasteiger partial charge in [-0.15, -0.1) is 0 Å². The average Bonchev–Trinajstić information content (AvgIpc) is 1.68. The molecule has 0 heterocycles. The van der Waals surface area contributed by atoms with Crippen molar-refractivity contribution in [2.75, 3.05) is 0 Å². The molecule has 8 heavy (non-hydrogen) atoms. The Morgan fingerprint density at radius 3 is 2.25 bits per heavy atom. The second kappa shape index (κ2) is 7.19. The topological polar surface area (TPSA) is 17.1 Å². The van der Waals surface area contributed by atoms with E-state index in [1.54, 1.807) is 0 Å². The molecule has 0 saturated carbocycles. The number of hydrogen-bond donors (Lipinski definition) is 0. The van der Waals surface area contributed by atoms with E-state index in [9.17, 15) is 4.79 Å². The maximum absolute atomic E-state index is 9.89. The fourth-order valence-electron chi connectivity index (χ4n) is 0.523. The van der Waals surface area contributed by atoms with Crippen molar-refractivity contribution in [3.8, 4) is 0 Å². The zero-order valence-corrected chi connectivity index (χ0v) is 6.22. The van der Waals surface area contributed by atoms with Crippen molar-refractivity contribution in [1.82, 2.24) is 0 Å². The molecule has 1 nitrogen and oxygen atoms in total.